The molecule has 0 fully saturated rings. The monoisotopic (exact) mass is 234 g/mol. The van der Waals surface area contributed by atoms with Gasteiger partial charge in [0, 0.05) is 30.0 Å². The number of alkyl halides is 1. The Morgan fingerprint density at radius 3 is 3.06 bits per heavy atom. The van der Waals surface area contributed by atoms with E-state index in [1.165, 1.54) is 10.9 Å². The van der Waals surface area contributed by atoms with Crippen LogP contribution in [-0.2, 0) is 6.54 Å². The maximum absolute atomic E-state index is 5.87. The van der Waals surface area contributed by atoms with Gasteiger partial charge in [-0.25, -0.2) is 0 Å². The van der Waals surface area contributed by atoms with Crippen molar-refractivity contribution >= 4 is 22.5 Å². The van der Waals surface area contributed by atoms with Crippen molar-refractivity contribution in [1.82, 2.24) is 10.3 Å². The number of pyridine rings is 1. The molecule has 1 aromatic heterocycles. The van der Waals surface area contributed by atoms with Crippen LogP contribution in [0.15, 0.2) is 36.5 Å². The molecule has 0 aliphatic heterocycles. The second kappa shape index (κ2) is 5.28. The van der Waals surface area contributed by atoms with Crippen LogP contribution in [0.1, 0.15) is 12.5 Å². The summed E-state index contributed by atoms with van der Waals surface area (Å²) in [5.41, 5.74) is 2.30. The third-order valence-corrected chi connectivity index (χ3v) is 2.58. The minimum absolute atomic E-state index is 0.169. The SMILES string of the molecule is CC(Cl)CNCc1ccc2ncccc2c1. The van der Waals surface area contributed by atoms with Crippen molar-refractivity contribution in [3.63, 3.8) is 0 Å². The first kappa shape index (κ1) is 11.4. The number of rotatable bonds is 4. The Morgan fingerprint density at radius 1 is 1.38 bits per heavy atom. The lowest BCUT2D eigenvalue weighted by molar-refractivity contribution is 0.680. The van der Waals surface area contributed by atoms with Crippen molar-refractivity contribution in [2.24, 2.45) is 0 Å². The maximum Gasteiger partial charge on any atom is 0.0702 e. The first-order valence-electron chi connectivity index (χ1n) is 5.44. The van der Waals surface area contributed by atoms with Gasteiger partial charge >= 0.3 is 0 Å². The molecule has 1 heterocycles. The molecule has 0 aliphatic carbocycles. The van der Waals surface area contributed by atoms with Gasteiger partial charge in [0.25, 0.3) is 0 Å². The average molecular weight is 235 g/mol. The van der Waals surface area contributed by atoms with Crippen molar-refractivity contribution in [3.05, 3.63) is 42.1 Å². The molecule has 0 aliphatic rings. The van der Waals surface area contributed by atoms with Crippen molar-refractivity contribution in [2.45, 2.75) is 18.8 Å². The summed E-state index contributed by atoms with van der Waals surface area (Å²) in [7, 11) is 0. The number of aromatic nitrogens is 1. The highest BCUT2D eigenvalue weighted by molar-refractivity contribution is 6.20. The van der Waals surface area contributed by atoms with Gasteiger partial charge in [0.05, 0.1) is 5.52 Å². The van der Waals surface area contributed by atoms with E-state index in [2.05, 4.69) is 34.6 Å². The fraction of sp³-hybridized carbons (Fsp3) is 0.308. The number of hydrogen-bond donors (Lipinski definition) is 1. The first-order valence-corrected chi connectivity index (χ1v) is 5.88. The summed E-state index contributed by atoms with van der Waals surface area (Å²) < 4.78 is 0. The molecule has 0 amide bonds. The van der Waals surface area contributed by atoms with Crippen molar-refractivity contribution in [1.29, 1.82) is 0 Å². The molecule has 0 spiro atoms. The van der Waals surface area contributed by atoms with E-state index in [-0.39, 0.29) is 5.38 Å². The highest BCUT2D eigenvalue weighted by atomic mass is 35.5. The number of halogens is 1. The van der Waals surface area contributed by atoms with E-state index in [4.69, 9.17) is 11.6 Å². The molecule has 0 saturated heterocycles. The molecule has 16 heavy (non-hydrogen) atoms. The number of benzene rings is 1. The molecule has 3 heteroatoms. The minimum atomic E-state index is 0.169. The first-order chi connectivity index (χ1) is 7.75. The molecule has 1 atom stereocenters. The van der Waals surface area contributed by atoms with Crippen LogP contribution in [0.3, 0.4) is 0 Å². The van der Waals surface area contributed by atoms with Crippen LogP contribution in [0.5, 0.6) is 0 Å². The number of nitrogens with one attached hydrogen (secondary N) is 1. The molecule has 2 aromatic rings. The van der Waals surface area contributed by atoms with E-state index >= 15 is 0 Å². The van der Waals surface area contributed by atoms with Crippen LogP contribution in [0.2, 0.25) is 0 Å². The van der Waals surface area contributed by atoms with Crippen LogP contribution >= 0.6 is 11.6 Å². The quantitative estimate of drug-likeness (QED) is 0.823. The lowest BCUT2D eigenvalue weighted by Gasteiger charge is -2.06. The molecule has 1 aromatic carbocycles. The fourth-order valence-electron chi connectivity index (χ4n) is 1.65. The molecule has 0 bridgehead atoms. The predicted octanol–water partition coefficient (Wildman–Crippen LogP) is 2.95. The topological polar surface area (TPSA) is 24.9 Å². The third kappa shape index (κ3) is 2.94. The Balaban J connectivity index is 2.08. The predicted molar refractivity (Wildman–Crippen MR) is 68.8 cm³/mol. The van der Waals surface area contributed by atoms with Crippen LogP contribution in [-0.4, -0.2) is 16.9 Å². The van der Waals surface area contributed by atoms with Crippen LogP contribution in [0, 0.1) is 0 Å². The van der Waals surface area contributed by atoms with E-state index in [0.717, 1.165) is 18.6 Å². The molecule has 2 rings (SSSR count). The smallest absolute Gasteiger partial charge is 0.0702 e. The molecule has 0 radical (unpaired) electrons. The normalized spacial score (nSPS) is 12.9. The van der Waals surface area contributed by atoms with E-state index in [9.17, 15) is 0 Å². The zero-order valence-electron chi connectivity index (χ0n) is 9.28. The second-order valence-electron chi connectivity index (χ2n) is 3.94. The van der Waals surface area contributed by atoms with Crippen molar-refractivity contribution < 1.29 is 0 Å². The summed E-state index contributed by atoms with van der Waals surface area (Å²) in [4.78, 5) is 4.29. The summed E-state index contributed by atoms with van der Waals surface area (Å²) in [6.45, 7) is 3.66. The summed E-state index contributed by atoms with van der Waals surface area (Å²) in [6, 6.07) is 10.3. The largest absolute Gasteiger partial charge is 0.311 e. The zero-order chi connectivity index (χ0) is 11.4. The Hall–Kier alpha value is -1.12. The summed E-state index contributed by atoms with van der Waals surface area (Å²) in [5.74, 6) is 0. The van der Waals surface area contributed by atoms with Crippen molar-refractivity contribution in [3.8, 4) is 0 Å². The van der Waals surface area contributed by atoms with E-state index in [1.54, 1.807) is 0 Å². The number of hydrogen-bond acceptors (Lipinski definition) is 2. The van der Waals surface area contributed by atoms with E-state index in [1.807, 2.05) is 19.2 Å². The van der Waals surface area contributed by atoms with Gasteiger partial charge in [-0.3, -0.25) is 4.98 Å². The number of fused-ring (bicyclic) bond motifs is 1. The Labute approximate surface area is 101 Å². The standard InChI is InChI=1S/C13H15ClN2/c1-10(14)8-15-9-11-4-5-13-12(7-11)3-2-6-16-13/h2-7,10,15H,8-9H2,1H3. The molecular formula is C13H15ClN2. The molecule has 0 saturated carbocycles. The fourth-order valence-corrected chi connectivity index (χ4v) is 1.76. The lowest BCUT2D eigenvalue weighted by atomic mass is 10.1. The van der Waals surface area contributed by atoms with Crippen LogP contribution in [0.4, 0.5) is 0 Å². The van der Waals surface area contributed by atoms with E-state index < -0.39 is 0 Å². The Kier molecular flexibility index (Phi) is 3.75. The second-order valence-corrected chi connectivity index (χ2v) is 4.69. The van der Waals surface area contributed by atoms with Gasteiger partial charge in [-0.05, 0) is 30.7 Å². The molecule has 84 valence electrons. The zero-order valence-corrected chi connectivity index (χ0v) is 10.0. The average Bonchev–Trinajstić information content (AvgIpc) is 2.28. The van der Waals surface area contributed by atoms with Gasteiger partial charge in [-0.1, -0.05) is 12.1 Å². The van der Waals surface area contributed by atoms with Gasteiger partial charge in [0.15, 0.2) is 0 Å². The molecule has 2 nitrogen and oxygen atoms in total. The summed E-state index contributed by atoms with van der Waals surface area (Å²) in [6.07, 6.45) is 1.81. The Morgan fingerprint density at radius 2 is 2.25 bits per heavy atom. The van der Waals surface area contributed by atoms with E-state index in [0.29, 0.717) is 0 Å². The lowest BCUT2D eigenvalue weighted by Crippen LogP contribution is -2.20. The van der Waals surface area contributed by atoms with Crippen LogP contribution in [0.25, 0.3) is 10.9 Å². The Bertz CT molecular complexity index is 468. The van der Waals surface area contributed by atoms with Crippen molar-refractivity contribution in [2.75, 3.05) is 6.54 Å². The summed E-state index contributed by atoms with van der Waals surface area (Å²) in [5, 5.41) is 4.66. The molecule has 1 N–H and O–H groups in total. The van der Waals surface area contributed by atoms with Gasteiger partial charge in [-0.2, -0.15) is 0 Å². The van der Waals surface area contributed by atoms with Crippen LogP contribution < -0.4 is 5.32 Å². The maximum atomic E-state index is 5.87. The number of nitrogens with zero attached hydrogens (tertiary/aromatic N) is 1. The van der Waals surface area contributed by atoms with Gasteiger partial charge in [0.2, 0.25) is 0 Å². The van der Waals surface area contributed by atoms with Gasteiger partial charge in [-0.15, -0.1) is 11.6 Å². The molecular weight excluding hydrogens is 220 g/mol. The molecule has 1 unspecified atom stereocenters. The van der Waals surface area contributed by atoms with Gasteiger partial charge in [0.1, 0.15) is 0 Å². The third-order valence-electron chi connectivity index (χ3n) is 2.42. The highest BCUT2D eigenvalue weighted by Gasteiger charge is 1.98. The minimum Gasteiger partial charge on any atom is -0.311 e. The highest BCUT2D eigenvalue weighted by Crippen LogP contribution is 2.13. The van der Waals surface area contributed by atoms with Gasteiger partial charge < -0.3 is 5.32 Å². The summed E-state index contributed by atoms with van der Waals surface area (Å²) >= 11 is 5.87.